The topological polar surface area (TPSA) is 44.9 Å². The number of likely N-dealkylation sites (tertiary alicyclic amines) is 1. The van der Waals surface area contributed by atoms with Crippen LogP contribution in [0.15, 0.2) is 30.3 Å². The van der Waals surface area contributed by atoms with Crippen molar-refractivity contribution in [3.8, 4) is 0 Å². The van der Waals surface area contributed by atoms with Gasteiger partial charge in [-0.1, -0.05) is 30.3 Å². The summed E-state index contributed by atoms with van der Waals surface area (Å²) >= 11 is 0. The monoisotopic (exact) mass is 250 g/mol. The molecule has 0 radical (unpaired) electrons. The molecular weight excluding hydrogens is 226 g/mol. The molecule has 1 fully saturated rings. The summed E-state index contributed by atoms with van der Waals surface area (Å²) in [7, 11) is 0. The molecule has 1 aliphatic heterocycles. The fourth-order valence-electron chi connectivity index (χ4n) is 2.97. The van der Waals surface area contributed by atoms with Crippen molar-refractivity contribution in [2.45, 2.75) is 37.8 Å². The Balaban J connectivity index is 1.94. The Morgan fingerprint density at radius 3 is 2.72 bits per heavy atom. The highest BCUT2D eigenvalue weighted by Crippen LogP contribution is 2.12. The minimum absolute atomic E-state index is 0.260. The first-order valence-electron chi connectivity index (χ1n) is 6.99. The van der Waals surface area contributed by atoms with Crippen LogP contribution in [0.5, 0.6) is 0 Å². The van der Waals surface area contributed by atoms with Crippen LogP contribution in [0.25, 0.3) is 0 Å². The van der Waals surface area contributed by atoms with Gasteiger partial charge in [-0.05, 0) is 24.8 Å². The standard InChI is InChI=1S/C15H23NO2/c17-11-9-14-8-4-5-10-16(14)12-15(18)13-6-2-1-3-7-13/h1-3,6-7,14-15,17-18H,4-5,8-12H2/p+1/t14-,15+/m1/s1. The summed E-state index contributed by atoms with van der Waals surface area (Å²) in [6.45, 7) is 2.14. The molecule has 18 heavy (non-hydrogen) atoms. The molecule has 0 spiro atoms. The van der Waals surface area contributed by atoms with Gasteiger partial charge < -0.3 is 15.1 Å². The smallest absolute Gasteiger partial charge is 0.128 e. The summed E-state index contributed by atoms with van der Waals surface area (Å²) in [6.07, 6.45) is 4.14. The van der Waals surface area contributed by atoms with E-state index in [0.717, 1.165) is 25.1 Å². The SMILES string of the molecule is OCC[C@H]1CCCC[NH+]1C[C@H](O)c1ccccc1. The number of aliphatic hydroxyl groups excluding tert-OH is 2. The Hall–Kier alpha value is -0.900. The van der Waals surface area contributed by atoms with Crippen molar-refractivity contribution >= 4 is 0 Å². The first-order chi connectivity index (χ1) is 8.81. The van der Waals surface area contributed by atoms with E-state index in [-0.39, 0.29) is 12.7 Å². The number of rotatable bonds is 5. The molecule has 1 aromatic rings. The van der Waals surface area contributed by atoms with E-state index < -0.39 is 0 Å². The van der Waals surface area contributed by atoms with Gasteiger partial charge in [-0.2, -0.15) is 0 Å². The van der Waals surface area contributed by atoms with Crippen molar-refractivity contribution in [2.24, 2.45) is 0 Å². The molecule has 3 heteroatoms. The number of hydrogen-bond donors (Lipinski definition) is 3. The molecule has 2 rings (SSSR count). The van der Waals surface area contributed by atoms with E-state index in [1.54, 1.807) is 0 Å². The number of nitrogens with one attached hydrogen (secondary N) is 1. The number of aliphatic hydroxyl groups is 2. The molecule has 1 unspecified atom stereocenters. The van der Waals surface area contributed by atoms with Gasteiger partial charge in [-0.15, -0.1) is 0 Å². The van der Waals surface area contributed by atoms with E-state index in [1.807, 2.05) is 30.3 Å². The number of hydrogen-bond acceptors (Lipinski definition) is 2. The molecule has 3 atom stereocenters. The lowest BCUT2D eigenvalue weighted by Crippen LogP contribution is -3.17. The number of piperidine rings is 1. The van der Waals surface area contributed by atoms with Crippen LogP contribution in [0.2, 0.25) is 0 Å². The lowest BCUT2D eigenvalue weighted by molar-refractivity contribution is -0.934. The third-order valence-electron chi connectivity index (χ3n) is 4.00. The summed E-state index contributed by atoms with van der Waals surface area (Å²) in [6, 6.07) is 10.4. The summed E-state index contributed by atoms with van der Waals surface area (Å²) in [5.41, 5.74) is 0.998. The van der Waals surface area contributed by atoms with Crippen LogP contribution >= 0.6 is 0 Å². The minimum Gasteiger partial charge on any atom is -0.396 e. The van der Waals surface area contributed by atoms with Gasteiger partial charge in [-0.25, -0.2) is 0 Å². The van der Waals surface area contributed by atoms with E-state index in [4.69, 9.17) is 5.11 Å². The third kappa shape index (κ3) is 3.55. The molecule has 0 saturated carbocycles. The van der Waals surface area contributed by atoms with Crippen molar-refractivity contribution in [1.82, 2.24) is 0 Å². The van der Waals surface area contributed by atoms with Crippen LogP contribution < -0.4 is 4.90 Å². The zero-order valence-electron chi connectivity index (χ0n) is 10.9. The quantitative estimate of drug-likeness (QED) is 0.714. The fraction of sp³-hybridized carbons (Fsp3) is 0.600. The van der Waals surface area contributed by atoms with Crippen molar-refractivity contribution in [3.05, 3.63) is 35.9 Å². The van der Waals surface area contributed by atoms with Gasteiger partial charge in [0.1, 0.15) is 12.6 Å². The maximum atomic E-state index is 10.3. The van der Waals surface area contributed by atoms with E-state index in [9.17, 15) is 5.11 Å². The molecule has 1 aliphatic rings. The van der Waals surface area contributed by atoms with Gasteiger partial charge >= 0.3 is 0 Å². The second-order valence-corrected chi connectivity index (χ2v) is 5.24. The maximum Gasteiger partial charge on any atom is 0.128 e. The first-order valence-corrected chi connectivity index (χ1v) is 6.99. The Morgan fingerprint density at radius 2 is 2.00 bits per heavy atom. The average molecular weight is 250 g/mol. The molecule has 0 aliphatic carbocycles. The van der Waals surface area contributed by atoms with E-state index in [0.29, 0.717) is 6.04 Å². The molecular formula is C15H24NO2+. The fourth-order valence-corrected chi connectivity index (χ4v) is 2.97. The molecule has 3 nitrogen and oxygen atoms in total. The molecule has 3 N–H and O–H groups in total. The molecule has 0 bridgehead atoms. The molecule has 1 saturated heterocycles. The normalized spacial score (nSPS) is 25.9. The van der Waals surface area contributed by atoms with Gasteiger partial charge in [0.05, 0.1) is 12.6 Å². The predicted molar refractivity (Wildman–Crippen MR) is 71.4 cm³/mol. The van der Waals surface area contributed by atoms with Crippen molar-refractivity contribution in [2.75, 3.05) is 19.7 Å². The van der Waals surface area contributed by atoms with Gasteiger partial charge in [0, 0.05) is 13.0 Å². The minimum atomic E-state index is -0.388. The van der Waals surface area contributed by atoms with Crippen molar-refractivity contribution in [1.29, 1.82) is 0 Å². The van der Waals surface area contributed by atoms with E-state index >= 15 is 0 Å². The molecule has 100 valence electrons. The lowest BCUT2D eigenvalue weighted by Gasteiger charge is -2.33. The molecule has 1 aromatic carbocycles. The molecule has 0 amide bonds. The van der Waals surface area contributed by atoms with E-state index in [2.05, 4.69) is 0 Å². The van der Waals surface area contributed by atoms with Crippen molar-refractivity contribution in [3.63, 3.8) is 0 Å². The predicted octanol–water partition coefficient (Wildman–Crippen LogP) is 0.540. The molecule has 0 aromatic heterocycles. The van der Waals surface area contributed by atoms with Crippen LogP contribution in [0.4, 0.5) is 0 Å². The zero-order chi connectivity index (χ0) is 12.8. The number of quaternary nitrogens is 1. The summed E-state index contributed by atoms with van der Waals surface area (Å²) in [5, 5.41) is 19.4. The van der Waals surface area contributed by atoms with Crippen molar-refractivity contribution < 1.29 is 15.1 Å². The Bertz CT molecular complexity index is 340. The van der Waals surface area contributed by atoms with Gasteiger partial charge in [0.25, 0.3) is 0 Å². The Morgan fingerprint density at radius 1 is 1.22 bits per heavy atom. The first kappa shape index (κ1) is 13.5. The number of benzene rings is 1. The summed E-state index contributed by atoms with van der Waals surface area (Å²) < 4.78 is 0. The van der Waals surface area contributed by atoms with Gasteiger partial charge in [-0.3, -0.25) is 0 Å². The highest BCUT2D eigenvalue weighted by molar-refractivity contribution is 5.17. The van der Waals surface area contributed by atoms with Crippen LogP contribution in [0.1, 0.15) is 37.4 Å². The summed E-state index contributed by atoms with van der Waals surface area (Å²) in [4.78, 5) is 1.45. The molecule has 1 heterocycles. The third-order valence-corrected chi connectivity index (χ3v) is 4.00. The largest absolute Gasteiger partial charge is 0.396 e. The average Bonchev–Trinajstić information content (AvgIpc) is 2.42. The summed E-state index contributed by atoms with van der Waals surface area (Å²) in [5.74, 6) is 0. The van der Waals surface area contributed by atoms with Crippen LogP contribution in [0, 0.1) is 0 Å². The Labute approximate surface area is 109 Å². The van der Waals surface area contributed by atoms with E-state index in [1.165, 1.54) is 24.2 Å². The highest BCUT2D eigenvalue weighted by atomic mass is 16.3. The second-order valence-electron chi connectivity index (χ2n) is 5.24. The van der Waals surface area contributed by atoms with Crippen LogP contribution in [-0.4, -0.2) is 36.0 Å². The van der Waals surface area contributed by atoms with Gasteiger partial charge in [0.15, 0.2) is 0 Å². The van der Waals surface area contributed by atoms with Crippen LogP contribution in [0.3, 0.4) is 0 Å². The Kier molecular flexibility index (Phi) is 5.17. The van der Waals surface area contributed by atoms with Gasteiger partial charge in [0.2, 0.25) is 0 Å². The zero-order valence-corrected chi connectivity index (χ0v) is 10.9. The lowest BCUT2D eigenvalue weighted by atomic mass is 9.98. The van der Waals surface area contributed by atoms with Crippen LogP contribution in [-0.2, 0) is 0 Å². The second kappa shape index (κ2) is 6.88. The highest BCUT2D eigenvalue weighted by Gasteiger charge is 2.27. The maximum absolute atomic E-state index is 10.3.